The summed E-state index contributed by atoms with van der Waals surface area (Å²) in [6, 6.07) is 42.7. The molecule has 0 bridgehead atoms. The molecule has 0 unspecified atom stereocenters. The van der Waals surface area contributed by atoms with E-state index in [1.165, 1.54) is 43.6 Å². The van der Waals surface area contributed by atoms with E-state index in [2.05, 4.69) is 130 Å². The lowest BCUT2D eigenvalue weighted by Crippen LogP contribution is -2.00. The first-order chi connectivity index (χ1) is 19.3. The van der Waals surface area contributed by atoms with Crippen LogP contribution < -0.4 is 0 Å². The van der Waals surface area contributed by atoms with E-state index in [1.807, 2.05) is 12.4 Å². The van der Waals surface area contributed by atoms with Crippen molar-refractivity contribution in [1.82, 2.24) is 19.1 Å². The number of hydrogen-bond acceptors (Lipinski definition) is 2. The van der Waals surface area contributed by atoms with Gasteiger partial charge >= 0.3 is 0 Å². The fraction of sp³-hybridized carbons (Fsp3) is 0.0286. The van der Waals surface area contributed by atoms with E-state index in [0.717, 1.165) is 29.2 Å². The molecule has 0 atom stereocenters. The Morgan fingerprint density at radius 1 is 0.385 bits per heavy atom. The van der Waals surface area contributed by atoms with Gasteiger partial charge in [-0.25, -0.2) is 9.97 Å². The average molecular weight is 501 g/mol. The molecule has 0 aliphatic carbocycles. The van der Waals surface area contributed by atoms with Crippen LogP contribution in [0.5, 0.6) is 0 Å². The molecule has 0 aliphatic rings. The molecule has 0 amide bonds. The second kappa shape index (κ2) is 8.67. The molecule has 0 saturated heterocycles. The highest BCUT2D eigenvalue weighted by Gasteiger charge is 2.13. The third kappa shape index (κ3) is 3.46. The second-order valence-corrected chi connectivity index (χ2v) is 9.97. The normalized spacial score (nSPS) is 11.7. The maximum Gasteiger partial charge on any atom is 0.137 e. The van der Waals surface area contributed by atoms with Crippen LogP contribution in [0.3, 0.4) is 0 Å². The Labute approximate surface area is 225 Å². The average Bonchev–Trinajstić information content (AvgIpc) is 3.51. The number of aromatic nitrogens is 4. The Balaban J connectivity index is 1.12. The Kier molecular flexibility index (Phi) is 4.85. The number of hydrogen-bond donors (Lipinski definition) is 0. The van der Waals surface area contributed by atoms with Gasteiger partial charge in [-0.1, -0.05) is 84.9 Å². The third-order valence-electron chi connectivity index (χ3n) is 7.64. The lowest BCUT2D eigenvalue weighted by Gasteiger charge is -2.09. The predicted octanol–water partition coefficient (Wildman–Crippen LogP) is 8.26. The van der Waals surface area contributed by atoms with Gasteiger partial charge in [0.2, 0.25) is 0 Å². The summed E-state index contributed by atoms with van der Waals surface area (Å²) in [5.41, 5.74) is 7.00. The summed E-state index contributed by atoms with van der Waals surface area (Å²) in [6.07, 6.45) is 4.75. The molecule has 4 heteroatoms. The SMILES string of the molecule is c1ccc2c(c1)c1ccccc1n2-c1ccc(Cc2ccc(-n3c4ccccc4c4ccccc43)nc2)cn1. The van der Waals surface area contributed by atoms with Gasteiger partial charge in [-0.3, -0.25) is 9.13 Å². The maximum absolute atomic E-state index is 4.88. The Morgan fingerprint density at radius 3 is 1.03 bits per heavy atom. The van der Waals surface area contributed by atoms with Crippen molar-refractivity contribution in [3.8, 4) is 11.6 Å². The van der Waals surface area contributed by atoms with E-state index >= 15 is 0 Å². The molecular formula is C35H24N4. The summed E-state index contributed by atoms with van der Waals surface area (Å²) in [7, 11) is 0. The maximum atomic E-state index is 4.88. The largest absolute Gasteiger partial charge is 0.294 e. The number of fused-ring (bicyclic) bond motifs is 6. The van der Waals surface area contributed by atoms with Crippen molar-refractivity contribution in [1.29, 1.82) is 0 Å². The van der Waals surface area contributed by atoms with Gasteiger partial charge in [0.1, 0.15) is 11.6 Å². The zero-order chi connectivity index (χ0) is 25.8. The molecule has 4 nitrogen and oxygen atoms in total. The van der Waals surface area contributed by atoms with Gasteiger partial charge in [-0.15, -0.1) is 0 Å². The minimum atomic E-state index is 0.779. The van der Waals surface area contributed by atoms with Gasteiger partial charge in [0.25, 0.3) is 0 Å². The van der Waals surface area contributed by atoms with Crippen molar-refractivity contribution in [2.24, 2.45) is 0 Å². The highest BCUT2D eigenvalue weighted by molar-refractivity contribution is 6.09. The standard InChI is InChI=1S/C35H24N4/c1-5-13-30-26(9-1)27-10-2-6-14-31(27)38(30)34-19-17-24(22-36-34)21-25-18-20-35(37-23-25)39-32-15-7-3-11-28(32)29-12-4-8-16-33(29)39/h1-20,22-23H,21H2. The minimum Gasteiger partial charge on any atom is -0.294 e. The van der Waals surface area contributed by atoms with Gasteiger partial charge in [-0.2, -0.15) is 0 Å². The zero-order valence-electron chi connectivity index (χ0n) is 21.2. The first kappa shape index (κ1) is 21.8. The fourth-order valence-corrected chi connectivity index (χ4v) is 5.88. The Bertz CT molecular complexity index is 1870. The monoisotopic (exact) mass is 500 g/mol. The lowest BCUT2D eigenvalue weighted by atomic mass is 10.1. The molecule has 8 rings (SSSR count). The molecule has 0 radical (unpaired) electrons. The van der Waals surface area contributed by atoms with Gasteiger partial charge in [0.05, 0.1) is 22.1 Å². The molecule has 0 saturated carbocycles. The highest BCUT2D eigenvalue weighted by atomic mass is 15.1. The third-order valence-corrected chi connectivity index (χ3v) is 7.64. The molecule has 8 aromatic rings. The van der Waals surface area contributed by atoms with Crippen molar-refractivity contribution >= 4 is 43.6 Å². The van der Waals surface area contributed by atoms with Crippen molar-refractivity contribution < 1.29 is 0 Å². The van der Waals surface area contributed by atoms with E-state index in [0.29, 0.717) is 0 Å². The summed E-state index contributed by atoms with van der Waals surface area (Å²) in [4.78, 5) is 9.77. The van der Waals surface area contributed by atoms with E-state index in [1.54, 1.807) is 0 Å². The van der Waals surface area contributed by atoms with Crippen LogP contribution in [-0.2, 0) is 6.42 Å². The molecule has 0 spiro atoms. The van der Waals surface area contributed by atoms with Crippen LogP contribution in [0, 0.1) is 0 Å². The van der Waals surface area contributed by atoms with Gasteiger partial charge < -0.3 is 0 Å². The smallest absolute Gasteiger partial charge is 0.137 e. The minimum absolute atomic E-state index is 0.779. The van der Waals surface area contributed by atoms with Crippen molar-refractivity contribution in [3.63, 3.8) is 0 Å². The molecule has 39 heavy (non-hydrogen) atoms. The second-order valence-electron chi connectivity index (χ2n) is 9.97. The first-order valence-corrected chi connectivity index (χ1v) is 13.2. The van der Waals surface area contributed by atoms with Crippen LogP contribution in [0.4, 0.5) is 0 Å². The van der Waals surface area contributed by atoms with Crippen molar-refractivity contribution in [2.45, 2.75) is 6.42 Å². The molecule has 4 aromatic heterocycles. The molecule has 0 fully saturated rings. The summed E-state index contributed by atoms with van der Waals surface area (Å²) in [5, 5.41) is 4.98. The Hall–Kier alpha value is -5.22. The van der Waals surface area contributed by atoms with Crippen LogP contribution in [0.1, 0.15) is 11.1 Å². The van der Waals surface area contributed by atoms with Gasteiger partial charge in [0.15, 0.2) is 0 Å². The van der Waals surface area contributed by atoms with Gasteiger partial charge in [0, 0.05) is 40.4 Å². The van der Waals surface area contributed by atoms with Crippen molar-refractivity contribution in [2.75, 3.05) is 0 Å². The molecular weight excluding hydrogens is 476 g/mol. The van der Waals surface area contributed by atoms with E-state index < -0.39 is 0 Å². The van der Waals surface area contributed by atoms with Crippen LogP contribution >= 0.6 is 0 Å². The summed E-state index contributed by atoms with van der Waals surface area (Å²) in [6.45, 7) is 0. The quantitative estimate of drug-likeness (QED) is 0.244. The first-order valence-electron chi connectivity index (χ1n) is 13.2. The topological polar surface area (TPSA) is 35.6 Å². The van der Waals surface area contributed by atoms with E-state index in [-0.39, 0.29) is 0 Å². The fourth-order valence-electron chi connectivity index (χ4n) is 5.88. The summed E-state index contributed by atoms with van der Waals surface area (Å²) >= 11 is 0. The lowest BCUT2D eigenvalue weighted by molar-refractivity contribution is 1.03. The van der Waals surface area contributed by atoms with Crippen LogP contribution in [0.15, 0.2) is 134 Å². The number of benzene rings is 4. The number of rotatable bonds is 4. The van der Waals surface area contributed by atoms with E-state index in [9.17, 15) is 0 Å². The summed E-state index contributed by atoms with van der Waals surface area (Å²) in [5.74, 6) is 1.85. The van der Waals surface area contributed by atoms with Crippen molar-refractivity contribution in [3.05, 3.63) is 145 Å². The number of para-hydroxylation sites is 4. The van der Waals surface area contributed by atoms with Crippen LogP contribution in [0.25, 0.3) is 55.2 Å². The predicted molar refractivity (Wildman–Crippen MR) is 160 cm³/mol. The molecule has 4 heterocycles. The molecule has 0 N–H and O–H groups in total. The highest BCUT2D eigenvalue weighted by Crippen LogP contribution is 2.32. The van der Waals surface area contributed by atoms with Crippen LogP contribution in [0.2, 0.25) is 0 Å². The van der Waals surface area contributed by atoms with E-state index in [4.69, 9.17) is 9.97 Å². The molecule has 0 aliphatic heterocycles. The Morgan fingerprint density at radius 2 is 0.718 bits per heavy atom. The summed E-state index contributed by atoms with van der Waals surface area (Å²) < 4.78 is 4.49. The van der Waals surface area contributed by atoms with Crippen LogP contribution in [-0.4, -0.2) is 19.1 Å². The molecule has 4 aromatic carbocycles. The number of pyridine rings is 2. The van der Waals surface area contributed by atoms with Gasteiger partial charge in [-0.05, 0) is 47.5 Å². The molecule has 184 valence electrons. The zero-order valence-corrected chi connectivity index (χ0v) is 21.2. The number of nitrogens with zero attached hydrogens (tertiary/aromatic N) is 4.